The van der Waals surface area contributed by atoms with Crippen molar-refractivity contribution in [1.29, 1.82) is 0 Å². The topological polar surface area (TPSA) is 17.8 Å². The minimum absolute atomic E-state index is 0.264. The number of alkyl halides is 2. The minimum Gasteiger partial charge on any atom is -0.263 e. The zero-order valence-electron chi connectivity index (χ0n) is 7.50. The van der Waals surface area contributed by atoms with Crippen LogP contribution in [0.4, 0.5) is 8.78 Å². The maximum absolute atomic E-state index is 12.1. The largest absolute Gasteiger partial charge is 0.263 e. The van der Waals surface area contributed by atoms with Crippen LogP contribution in [-0.4, -0.2) is 16.2 Å². The zero-order valence-corrected chi connectivity index (χ0v) is 7.50. The predicted molar refractivity (Wildman–Crippen MR) is 44.9 cm³/mol. The van der Waals surface area contributed by atoms with Crippen LogP contribution in [0.3, 0.4) is 0 Å². The van der Waals surface area contributed by atoms with Crippen LogP contribution >= 0.6 is 0 Å². The minimum atomic E-state index is -2.31. The third-order valence-corrected chi connectivity index (χ3v) is 2.35. The molecule has 1 heterocycles. The summed E-state index contributed by atoms with van der Waals surface area (Å²) in [5.41, 5.74) is 2.06. The van der Waals surface area contributed by atoms with Crippen molar-refractivity contribution in [3.8, 4) is 0 Å². The van der Waals surface area contributed by atoms with E-state index < -0.39 is 6.43 Å². The molecule has 1 aliphatic carbocycles. The summed E-state index contributed by atoms with van der Waals surface area (Å²) in [6.45, 7) is 1.67. The van der Waals surface area contributed by atoms with E-state index in [1.54, 1.807) is 6.20 Å². The van der Waals surface area contributed by atoms with Crippen molar-refractivity contribution in [2.75, 3.05) is 0 Å². The molecule has 0 amide bonds. The summed E-state index contributed by atoms with van der Waals surface area (Å²) in [5.74, 6) is 0.487. The van der Waals surface area contributed by atoms with Gasteiger partial charge in [-0.15, -0.1) is 0 Å². The summed E-state index contributed by atoms with van der Waals surface area (Å²) in [6.07, 6.45) is 1.61. The van der Waals surface area contributed by atoms with E-state index in [0.717, 1.165) is 24.1 Å². The number of halogens is 2. The van der Waals surface area contributed by atoms with Crippen molar-refractivity contribution < 1.29 is 8.78 Å². The highest BCUT2D eigenvalue weighted by atomic mass is 19.3. The van der Waals surface area contributed by atoms with Gasteiger partial charge in [-0.1, -0.05) is 0 Å². The van der Waals surface area contributed by atoms with Crippen molar-refractivity contribution in [2.45, 2.75) is 38.7 Å². The lowest BCUT2D eigenvalue weighted by Crippen LogP contribution is -2.11. The second-order valence-corrected chi connectivity index (χ2v) is 3.56. The van der Waals surface area contributed by atoms with Gasteiger partial charge in [-0.25, -0.2) is 8.78 Å². The number of nitrogens with zero attached hydrogens (tertiary/aromatic N) is 2. The second kappa shape index (κ2) is 3.09. The van der Waals surface area contributed by atoms with Crippen LogP contribution in [0.25, 0.3) is 0 Å². The molecule has 0 unspecified atom stereocenters. The van der Waals surface area contributed by atoms with E-state index in [9.17, 15) is 8.78 Å². The first-order valence-electron chi connectivity index (χ1n) is 4.49. The van der Waals surface area contributed by atoms with Gasteiger partial charge in [0, 0.05) is 11.6 Å². The van der Waals surface area contributed by atoms with Gasteiger partial charge in [0.2, 0.25) is 0 Å². The van der Waals surface area contributed by atoms with Gasteiger partial charge < -0.3 is 0 Å². The maximum Gasteiger partial charge on any atom is 0.257 e. The summed E-state index contributed by atoms with van der Waals surface area (Å²) in [5, 5.41) is 3.95. The van der Waals surface area contributed by atoms with Crippen LogP contribution in [0.15, 0.2) is 6.20 Å². The van der Waals surface area contributed by atoms with Gasteiger partial charge in [0.15, 0.2) is 0 Å². The van der Waals surface area contributed by atoms with Gasteiger partial charge in [-0.05, 0) is 25.3 Å². The standard InChI is InChI=1S/C9H12F2N2/c1-6-4-12-13(5-8(10)11)9(6)7-2-3-7/h4,7-8H,2-3,5H2,1H3. The molecule has 1 aromatic heterocycles. The van der Waals surface area contributed by atoms with E-state index in [2.05, 4.69) is 5.10 Å². The van der Waals surface area contributed by atoms with Gasteiger partial charge >= 0.3 is 0 Å². The summed E-state index contributed by atoms with van der Waals surface area (Å²) >= 11 is 0. The lowest BCUT2D eigenvalue weighted by Gasteiger charge is -2.06. The molecule has 1 aromatic rings. The van der Waals surface area contributed by atoms with E-state index in [1.165, 1.54) is 4.68 Å². The van der Waals surface area contributed by atoms with Crippen LogP contribution in [-0.2, 0) is 6.54 Å². The average molecular weight is 186 g/mol. The van der Waals surface area contributed by atoms with Gasteiger partial charge in [-0.2, -0.15) is 5.10 Å². The summed E-state index contributed by atoms with van der Waals surface area (Å²) in [7, 11) is 0. The highest BCUT2D eigenvalue weighted by Crippen LogP contribution is 2.41. The molecule has 0 bridgehead atoms. The SMILES string of the molecule is Cc1cnn(CC(F)F)c1C1CC1. The number of hydrogen-bond donors (Lipinski definition) is 0. The van der Waals surface area contributed by atoms with Gasteiger partial charge in [0.1, 0.15) is 6.54 Å². The Balaban J connectivity index is 2.23. The third kappa shape index (κ3) is 1.71. The molecule has 4 heteroatoms. The lowest BCUT2D eigenvalue weighted by atomic mass is 10.2. The highest BCUT2D eigenvalue weighted by Gasteiger charge is 2.29. The van der Waals surface area contributed by atoms with Crippen molar-refractivity contribution >= 4 is 0 Å². The quantitative estimate of drug-likeness (QED) is 0.708. The normalized spacial score (nSPS) is 16.9. The molecule has 0 saturated heterocycles. The van der Waals surface area contributed by atoms with Crippen molar-refractivity contribution in [3.05, 3.63) is 17.5 Å². The van der Waals surface area contributed by atoms with Crippen LogP contribution in [0.1, 0.15) is 30.0 Å². The summed E-state index contributed by atoms with van der Waals surface area (Å²) in [4.78, 5) is 0. The molecule has 0 radical (unpaired) electrons. The van der Waals surface area contributed by atoms with Crippen molar-refractivity contribution in [1.82, 2.24) is 9.78 Å². The first kappa shape index (κ1) is 8.66. The molecule has 1 fully saturated rings. The zero-order chi connectivity index (χ0) is 9.42. The molecule has 0 N–H and O–H groups in total. The van der Waals surface area contributed by atoms with E-state index in [1.807, 2.05) is 6.92 Å². The Labute approximate surface area is 75.6 Å². The average Bonchev–Trinajstić information content (AvgIpc) is 2.79. The molecule has 2 rings (SSSR count). The Hall–Kier alpha value is -0.930. The van der Waals surface area contributed by atoms with Crippen molar-refractivity contribution in [2.24, 2.45) is 0 Å². The first-order chi connectivity index (χ1) is 6.18. The maximum atomic E-state index is 12.1. The fraction of sp³-hybridized carbons (Fsp3) is 0.667. The number of rotatable bonds is 3. The Morgan fingerprint density at radius 2 is 2.31 bits per heavy atom. The second-order valence-electron chi connectivity index (χ2n) is 3.56. The monoisotopic (exact) mass is 186 g/mol. The molecule has 2 nitrogen and oxygen atoms in total. The molecule has 13 heavy (non-hydrogen) atoms. The number of hydrogen-bond acceptors (Lipinski definition) is 1. The molecular formula is C9H12F2N2. The fourth-order valence-corrected chi connectivity index (χ4v) is 1.65. The van der Waals surface area contributed by atoms with Crippen LogP contribution in [0.2, 0.25) is 0 Å². The molecule has 1 aliphatic rings. The predicted octanol–water partition coefficient (Wildman–Crippen LogP) is 2.33. The Kier molecular flexibility index (Phi) is 2.06. The number of aromatic nitrogens is 2. The Morgan fingerprint density at radius 3 is 2.85 bits per heavy atom. The van der Waals surface area contributed by atoms with Crippen LogP contribution in [0, 0.1) is 6.92 Å². The van der Waals surface area contributed by atoms with E-state index >= 15 is 0 Å². The van der Waals surface area contributed by atoms with Crippen molar-refractivity contribution in [3.63, 3.8) is 0 Å². The smallest absolute Gasteiger partial charge is 0.257 e. The molecule has 1 saturated carbocycles. The highest BCUT2D eigenvalue weighted by molar-refractivity contribution is 5.24. The van der Waals surface area contributed by atoms with Gasteiger partial charge in [-0.3, -0.25) is 4.68 Å². The molecule has 0 spiro atoms. The molecule has 0 atom stereocenters. The van der Waals surface area contributed by atoms with E-state index in [4.69, 9.17) is 0 Å². The Morgan fingerprint density at radius 1 is 1.62 bits per heavy atom. The molecular weight excluding hydrogens is 174 g/mol. The lowest BCUT2D eigenvalue weighted by molar-refractivity contribution is 0.120. The third-order valence-electron chi connectivity index (χ3n) is 2.35. The number of aryl methyl sites for hydroxylation is 1. The van der Waals surface area contributed by atoms with Crippen LogP contribution < -0.4 is 0 Å². The van der Waals surface area contributed by atoms with Gasteiger partial charge in [0.05, 0.1) is 6.20 Å². The molecule has 0 aromatic carbocycles. The fourth-order valence-electron chi connectivity index (χ4n) is 1.65. The summed E-state index contributed by atoms with van der Waals surface area (Å²) < 4.78 is 25.7. The van der Waals surface area contributed by atoms with Crippen LogP contribution in [0.5, 0.6) is 0 Å². The van der Waals surface area contributed by atoms with E-state index in [-0.39, 0.29) is 6.54 Å². The summed E-state index contributed by atoms with van der Waals surface area (Å²) in [6, 6.07) is 0. The molecule has 0 aliphatic heterocycles. The molecule has 72 valence electrons. The first-order valence-corrected chi connectivity index (χ1v) is 4.49. The Bertz CT molecular complexity index is 303. The van der Waals surface area contributed by atoms with Gasteiger partial charge in [0.25, 0.3) is 6.43 Å². The van der Waals surface area contributed by atoms with E-state index in [0.29, 0.717) is 5.92 Å².